The summed E-state index contributed by atoms with van der Waals surface area (Å²) in [6.07, 6.45) is 0. The molecule has 0 fully saturated rings. The van der Waals surface area contributed by atoms with E-state index < -0.39 is 5.63 Å². The Morgan fingerprint density at radius 3 is 2.68 bits per heavy atom. The summed E-state index contributed by atoms with van der Waals surface area (Å²) in [6.45, 7) is 0. The second-order valence-electron chi connectivity index (χ2n) is 5.27. The molecule has 0 saturated heterocycles. The van der Waals surface area contributed by atoms with Crippen molar-refractivity contribution in [3.05, 3.63) is 63.4 Å². The zero-order valence-electron chi connectivity index (χ0n) is 13.0. The molecule has 0 atom stereocenters. The van der Waals surface area contributed by atoms with Gasteiger partial charge in [-0.3, -0.25) is 0 Å². The van der Waals surface area contributed by atoms with E-state index in [1.165, 1.54) is 0 Å². The second kappa shape index (κ2) is 6.18. The molecule has 0 spiro atoms. The summed E-state index contributed by atoms with van der Waals surface area (Å²) < 4.78 is 17.1. The zero-order chi connectivity index (χ0) is 17.4. The smallest absolute Gasteiger partial charge is 0.349 e. The predicted octanol–water partition coefficient (Wildman–Crippen LogP) is 4.28. The summed E-state index contributed by atoms with van der Waals surface area (Å²) >= 11 is 3.40. The van der Waals surface area contributed by atoms with E-state index in [2.05, 4.69) is 26.1 Å². The lowest BCUT2D eigenvalue weighted by Gasteiger charge is -2.00. The fourth-order valence-electron chi connectivity index (χ4n) is 2.45. The van der Waals surface area contributed by atoms with Gasteiger partial charge in [-0.05, 0) is 42.5 Å². The monoisotopic (exact) mass is 398 g/mol. The number of hydrogen-bond acceptors (Lipinski definition) is 6. The average Bonchev–Trinajstić information content (AvgIpc) is 3.11. The fourth-order valence-corrected chi connectivity index (χ4v) is 2.83. The topological polar surface area (TPSA) is 78.4 Å². The molecule has 0 unspecified atom stereocenters. The van der Waals surface area contributed by atoms with Gasteiger partial charge in [-0.15, -0.1) is 10.2 Å². The van der Waals surface area contributed by atoms with Crippen molar-refractivity contribution in [3.8, 4) is 28.7 Å². The van der Waals surface area contributed by atoms with Crippen LogP contribution in [0.3, 0.4) is 0 Å². The van der Waals surface area contributed by atoms with Gasteiger partial charge in [0.15, 0.2) is 0 Å². The molecular formula is C18H11BrN2O4. The first-order valence-electron chi connectivity index (χ1n) is 7.36. The predicted molar refractivity (Wildman–Crippen MR) is 95.5 cm³/mol. The first-order valence-corrected chi connectivity index (χ1v) is 8.15. The number of aromatic nitrogens is 2. The number of methoxy groups -OCH3 is 1. The third-order valence-electron chi connectivity index (χ3n) is 3.67. The quantitative estimate of drug-likeness (QED) is 0.479. The Morgan fingerprint density at radius 1 is 1.00 bits per heavy atom. The molecule has 4 rings (SSSR count). The standard InChI is InChI=1S/C18H11BrN2O4/c1-23-13-4-2-3-10(8-13)16-20-21-17(25-16)14-9-11-7-12(19)5-6-15(11)24-18(14)22/h2-9H,1H3. The summed E-state index contributed by atoms with van der Waals surface area (Å²) in [6, 6.07) is 14.3. The Hall–Kier alpha value is -2.93. The van der Waals surface area contributed by atoms with Crippen molar-refractivity contribution in [3.63, 3.8) is 0 Å². The molecule has 7 heteroatoms. The molecule has 0 aliphatic heterocycles. The van der Waals surface area contributed by atoms with Crippen molar-refractivity contribution in [2.75, 3.05) is 7.11 Å². The number of ether oxygens (including phenoxy) is 1. The second-order valence-corrected chi connectivity index (χ2v) is 6.19. The first-order chi connectivity index (χ1) is 12.1. The average molecular weight is 399 g/mol. The highest BCUT2D eigenvalue weighted by molar-refractivity contribution is 9.10. The van der Waals surface area contributed by atoms with Gasteiger partial charge in [0.1, 0.15) is 16.9 Å². The van der Waals surface area contributed by atoms with Gasteiger partial charge in [-0.2, -0.15) is 0 Å². The third-order valence-corrected chi connectivity index (χ3v) is 4.16. The minimum atomic E-state index is -0.532. The van der Waals surface area contributed by atoms with Crippen molar-refractivity contribution in [1.82, 2.24) is 10.2 Å². The van der Waals surface area contributed by atoms with Crippen LogP contribution in [0.2, 0.25) is 0 Å². The number of hydrogen-bond donors (Lipinski definition) is 0. The molecule has 0 bridgehead atoms. The molecule has 0 aliphatic carbocycles. The molecule has 0 saturated carbocycles. The molecule has 2 aromatic carbocycles. The van der Waals surface area contributed by atoms with Gasteiger partial charge in [-0.1, -0.05) is 22.0 Å². The van der Waals surface area contributed by atoms with Crippen molar-refractivity contribution in [2.24, 2.45) is 0 Å². The molecule has 124 valence electrons. The minimum absolute atomic E-state index is 0.105. The van der Waals surface area contributed by atoms with E-state index in [0.29, 0.717) is 22.8 Å². The van der Waals surface area contributed by atoms with E-state index in [-0.39, 0.29) is 11.5 Å². The molecule has 0 amide bonds. The lowest BCUT2D eigenvalue weighted by molar-refractivity contribution is 0.415. The number of halogens is 1. The normalized spacial score (nSPS) is 11.0. The molecule has 6 nitrogen and oxygen atoms in total. The van der Waals surface area contributed by atoms with E-state index in [0.717, 1.165) is 9.86 Å². The highest BCUT2D eigenvalue weighted by atomic mass is 79.9. The molecule has 25 heavy (non-hydrogen) atoms. The number of nitrogens with zero attached hydrogens (tertiary/aromatic N) is 2. The Kier molecular flexibility index (Phi) is 3.85. The Balaban J connectivity index is 1.80. The summed E-state index contributed by atoms with van der Waals surface area (Å²) in [7, 11) is 1.58. The molecule has 0 radical (unpaired) electrons. The van der Waals surface area contributed by atoms with Crippen LogP contribution in [0.5, 0.6) is 5.75 Å². The largest absolute Gasteiger partial charge is 0.497 e. The van der Waals surface area contributed by atoms with Crippen molar-refractivity contribution < 1.29 is 13.6 Å². The molecule has 4 aromatic rings. The van der Waals surface area contributed by atoms with Crippen molar-refractivity contribution in [2.45, 2.75) is 0 Å². The van der Waals surface area contributed by atoms with Crippen LogP contribution in [0.25, 0.3) is 33.9 Å². The molecular weight excluding hydrogens is 388 g/mol. The summed E-state index contributed by atoms with van der Waals surface area (Å²) in [4.78, 5) is 12.2. The molecule has 0 N–H and O–H groups in total. The maximum Gasteiger partial charge on any atom is 0.349 e. The maximum atomic E-state index is 12.2. The van der Waals surface area contributed by atoms with E-state index in [1.54, 1.807) is 31.4 Å². The van der Waals surface area contributed by atoms with Crippen LogP contribution < -0.4 is 10.4 Å². The van der Waals surface area contributed by atoms with Crippen molar-refractivity contribution in [1.29, 1.82) is 0 Å². The highest BCUT2D eigenvalue weighted by Crippen LogP contribution is 2.27. The van der Waals surface area contributed by atoms with Crippen molar-refractivity contribution >= 4 is 26.9 Å². The Bertz CT molecular complexity index is 1130. The summed E-state index contributed by atoms with van der Waals surface area (Å²) in [5, 5.41) is 8.75. The highest BCUT2D eigenvalue weighted by Gasteiger charge is 2.16. The van der Waals surface area contributed by atoms with Gasteiger partial charge in [0.2, 0.25) is 5.89 Å². The minimum Gasteiger partial charge on any atom is -0.497 e. The van der Waals surface area contributed by atoms with Crippen LogP contribution >= 0.6 is 15.9 Å². The van der Waals surface area contributed by atoms with Gasteiger partial charge in [0.05, 0.1) is 7.11 Å². The Labute approximate surface area is 150 Å². The zero-order valence-corrected chi connectivity index (χ0v) is 14.6. The van der Waals surface area contributed by atoms with Gasteiger partial charge in [-0.25, -0.2) is 4.79 Å². The van der Waals surface area contributed by atoms with Crippen LogP contribution in [0, 0.1) is 0 Å². The summed E-state index contributed by atoms with van der Waals surface area (Å²) in [5.41, 5.74) is 0.874. The lowest BCUT2D eigenvalue weighted by atomic mass is 10.2. The van der Waals surface area contributed by atoms with E-state index in [9.17, 15) is 4.79 Å². The molecule has 2 heterocycles. The maximum absolute atomic E-state index is 12.2. The molecule has 2 aromatic heterocycles. The number of rotatable bonds is 3. The van der Waals surface area contributed by atoms with E-state index in [4.69, 9.17) is 13.6 Å². The van der Waals surface area contributed by atoms with E-state index >= 15 is 0 Å². The fraction of sp³-hybridized carbons (Fsp3) is 0.0556. The van der Waals surface area contributed by atoms with Crippen LogP contribution in [0.15, 0.2) is 66.6 Å². The third kappa shape index (κ3) is 2.94. The van der Waals surface area contributed by atoms with Gasteiger partial charge in [0.25, 0.3) is 5.89 Å². The lowest BCUT2D eigenvalue weighted by Crippen LogP contribution is -2.02. The van der Waals surface area contributed by atoms with Crippen LogP contribution in [-0.4, -0.2) is 17.3 Å². The van der Waals surface area contributed by atoms with Gasteiger partial charge < -0.3 is 13.6 Å². The SMILES string of the molecule is COc1cccc(-c2nnc(-c3cc4cc(Br)ccc4oc3=O)o2)c1. The number of benzene rings is 2. The van der Waals surface area contributed by atoms with Gasteiger partial charge >= 0.3 is 5.63 Å². The first kappa shape index (κ1) is 15.6. The number of fused-ring (bicyclic) bond motifs is 1. The van der Waals surface area contributed by atoms with Gasteiger partial charge in [0, 0.05) is 15.4 Å². The van der Waals surface area contributed by atoms with Crippen LogP contribution in [0.4, 0.5) is 0 Å². The summed E-state index contributed by atoms with van der Waals surface area (Å²) in [5.74, 6) is 1.07. The van der Waals surface area contributed by atoms with Crippen LogP contribution in [-0.2, 0) is 0 Å². The van der Waals surface area contributed by atoms with E-state index in [1.807, 2.05) is 24.3 Å². The Morgan fingerprint density at radius 2 is 1.84 bits per heavy atom. The van der Waals surface area contributed by atoms with Crippen LogP contribution in [0.1, 0.15) is 0 Å². The molecule has 0 aliphatic rings.